The van der Waals surface area contributed by atoms with Gasteiger partial charge in [0.2, 0.25) is 17.0 Å². The Kier molecular flexibility index (Phi) is 8.42. The lowest BCUT2D eigenvalue weighted by Gasteiger charge is -2.49. The van der Waals surface area contributed by atoms with Crippen LogP contribution in [0, 0.1) is 0 Å². The summed E-state index contributed by atoms with van der Waals surface area (Å²) in [5.74, 6) is -5.97. The van der Waals surface area contributed by atoms with Gasteiger partial charge in [0.25, 0.3) is 5.91 Å². The lowest BCUT2D eigenvalue weighted by Crippen LogP contribution is -2.70. The Morgan fingerprint density at radius 2 is 2.06 bits per heavy atom. The molecule has 0 bridgehead atoms. The normalized spacial score (nSPS) is 20.8. The summed E-state index contributed by atoms with van der Waals surface area (Å²) in [6.45, 7) is 0.131. The Bertz CT molecular complexity index is 1100. The molecular formula is C16H18F3N7O6S3. The number of amides is 3. The zero-order valence-corrected chi connectivity index (χ0v) is 20.0. The molecule has 192 valence electrons. The van der Waals surface area contributed by atoms with Crippen LogP contribution in [0.3, 0.4) is 0 Å². The fourth-order valence-corrected chi connectivity index (χ4v) is 6.43. The van der Waals surface area contributed by atoms with Gasteiger partial charge in [0.1, 0.15) is 28.6 Å². The predicted octanol–water partition coefficient (Wildman–Crippen LogP) is -1.31. The van der Waals surface area contributed by atoms with Crippen LogP contribution in [0.25, 0.3) is 0 Å². The standard InChI is InChI=1S/C16H18F3N7O6S3/c17-16(18,19)6-35(32)5-9(28)21-10-12(29)26-11(14(30)31)7(3-33-13(10)26)4-34-15-22-23-24-25(15)2-1-8(20)27/h10,13H,1-6H2,(H2,20,27)(H,21,28)(H,30,31)/t10?,13-,35?/m1/s1. The number of β-lactam (4-membered cyclic amide) rings is 1. The van der Waals surface area contributed by atoms with Crippen molar-refractivity contribution < 1.29 is 41.7 Å². The van der Waals surface area contributed by atoms with Crippen molar-refractivity contribution in [1.82, 2.24) is 30.4 Å². The quantitative estimate of drug-likeness (QED) is 0.216. The molecule has 1 aromatic heterocycles. The molecule has 0 aromatic carbocycles. The van der Waals surface area contributed by atoms with Crippen molar-refractivity contribution in [1.29, 1.82) is 0 Å². The van der Waals surface area contributed by atoms with Gasteiger partial charge in [-0.3, -0.25) is 23.5 Å². The molecule has 3 rings (SSSR count). The van der Waals surface area contributed by atoms with E-state index in [2.05, 4.69) is 20.8 Å². The van der Waals surface area contributed by atoms with E-state index in [1.165, 1.54) is 4.68 Å². The fraction of sp³-hybridized carbons (Fsp3) is 0.562. The van der Waals surface area contributed by atoms with Gasteiger partial charge >= 0.3 is 12.1 Å². The molecule has 2 aliphatic heterocycles. The number of hydrogen-bond acceptors (Lipinski definition) is 10. The minimum absolute atomic E-state index is 0.00160. The molecule has 1 saturated heterocycles. The lowest BCUT2D eigenvalue weighted by molar-refractivity contribution is -0.150. The molecule has 19 heteroatoms. The summed E-state index contributed by atoms with van der Waals surface area (Å²) in [6, 6.07) is -1.15. The third-order valence-electron chi connectivity index (χ3n) is 4.63. The number of fused-ring (bicyclic) bond motifs is 1. The molecule has 2 unspecified atom stereocenters. The van der Waals surface area contributed by atoms with Crippen molar-refractivity contribution in [2.24, 2.45) is 5.73 Å². The van der Waals surface area contributed by atoms with Crippen molar-refractivity contribution in [3.63, 3.8) is 0 Å². The van der Waals surface area contributed by atoms with E-state index in [9.17, 15) is 41.7 Å². The Morgan fingerprint density at radius 3 is 2.69 bits per heavy atom. The van der Waals surface area contributed by atoms with Crippen LogP contribution in [0.4, 0.5) is 13.2 Å². The molecular weight excluding hydrogens is 539 g/mol. The fourth-order valence-electron chi connectivity index (χ4n) is 3.20. The molecule has 13 nitrogen and oxygen atoms in total. The second-order valence-corrected chi connectivity index (χ2v) is 10.8. The van der Waals surface area contributed by atoms with Crippen LogP contribution in [-0.4, -0.2) is 98.7 Å². The summed E-state index contributed by atoms with van der Waals surface area (Å²) in [6.07, 6.45) is -4.70. The number of halogens is 3. The van der Waals surface area contributed by atoms with Crippen LogP contribution in [-0.2, 0) is 36.5 Å². The summed E-state index contributed by atoms with van der Waals surface area (Å²) in [5, 5.41) is 22.5. The van der Waals surface area contributed by atoms with Crippen LogP contribution in [0.1, 0.15) is 6.42 Å². The molecule has 0 saturated carbocycles. The Morgan fingerprint density at radius 1 is 1.34 bits per heavy atom. The average Bonchev–Trinajstić information content (AvgIpc) is 3.19. The monoisotopic (exact) mass is 557 g/mol. The second kappa shape index (κ2) is 10.9. The van der Waals surface area contributed by atoms with Gasteiger partial charge in [0, 0.05) is 28.7 Å². The number of tetrazole rings is 1. The highest BCUT2D eigenvalue weighted by Crippen LogP contribution is 2.41. The Balaban J connectivity index is 1.64. The van der Waals surface area contributed by atoms with Gasteiger partial charge in [-0.05, 0) is 16.0 Å². The highest BCUT2D eigenvalue weighted by Gasteiger charge is 2.54. The number of carbonyl (C=O) groups is 4. The topological polar surface area (TPSA) is 190 Å². The van der Waals surface area contributed by atoms with Crippen molar-refractivity contribution in [2.45, 2.75) is 35.7 Å². The smallest absolute Gasteiger partial charge is 0.400 e. The number of nitrogens with two attached hydrogens (primary N) is 1. The van der Waals surface area contributed by atoms with Crippen LogP contribution in [0.5, 0.6) is 0 Å². The van der Waals surface area contributed by atoms with Gasteiger partial charge in [-0.25, -0.2) is 9.48 Å². The Hall–Kier alpha value is -2.67. The summed E-state index contributed by atoms with van der Waals surface area (Å²) >= 11 is 2.25. The molecule has 4 N–H and O–H groups in total. The number of rotatable bonds is 11. The first kappa shape index (κ1) is 26.9. The van der Waals surface area contributed by atoms with Gasteiger partial charge < -0.3 is 16.2 Å². The molecule has 1 aromatic rings. The first-order valence-corrected chi connectivity index (χ1v) is 13.2. The maximum absolute atomic E-state index is 12.6. The van der Waals surface area contributed by atoms with Crippen molar-refractivity contribution >= 4 is 58.0 Å². The van der Waals surface area contributed by atoms with E-state index >= 15 is 0 Å². The minimum atomic E-state index is -4.70. The number of nitrogens with one attached hydrogen (secondary N) is 1. The molecule has 3 amide bonds. The number of primary amides is 1. The molecule has 1 fully saturated rings. The van der Waals surface area contributed by atoms with Gasteiger partial charge in [-0.1, -0.05) is 11.8 Å². The first-order valence-electron chi connectivity index (χ1n) is 9.65. The van der Waals surface area contributed by atoms with Crippen LogP contribution in [0.15, 0.2) is 16.4 Å². The molecule has 0 aliphatic carbocycles. The average molecular weight is 558 g/mol. The minimum Gasteiger partial charge on any atom is -0.477 e. The van der Waals surface area contributed by atoms with Crippen molar-refractivity contribution in [3.8, 4) is 0 Å². The van der Waals surface area contributed by atoms with Crippen LogP contribution < -0.4 is 11.1 Å². The zero-order chi connectivity index (χ0) is 25.9. The maximum Gasteiger partial charge on any atom is 0.400 e. The summed E-state index contributed by atoms with van der Waals surface area (Å²) in [4.78, 5) is 48.5. The number of carboxylic acid groups (broad SMARTS) is 1. The van der Waals surface area contributed by atoms with Crippen LogP contribution >= 0.6 is 23.5 Å². The van der Waals surface area contributed by atoms with Gasteiger partial charge in [-0.15, -0.1) is 16.9 Å². The largest absolute Gasteiger partial charge is 0.477 e. The second-order valence-electron chi connectivity index (χ2n) is 7.25. The summed E-state index contributed by atoms with van der Waals surface area (Å²) in [7, 11) is -2.50. The maximum atomic E-state index is 12.6. The zero-order valence-electron chi connectivity index (χ0n) is 17.6. The van der Waals surface area contributed by atoms with Crippen LogP contribution in [0.2, 0.25) is 0 Å². The van der Waals surface area contributed by atoms with Crippen molar-refractivity contribution in [3.05, 3.63) is 11.3 Å². The number of aliphatic carboxylic acids is 1. The number of alkyl halides is 3. The highest BCUT2D eigenvalue weighted by molar-refractivity contribution is 8.01. The number of thioether (sulfide) groups is 2. The molecule has 3 atom stereocenters. The summed E-state index contributed by atoms with van der Waals surface area (Å²) in [5.41, 5.74) is 5.23. The predicted molar refractivity (Wildman–Crippen MR) is 116 cm³/mol. The molecule has 0 radical (unpaired) electrons. The van der Waals surface area contributed by atoms with Gasteiger partial charge in [0.15, 0.2) is 0 Å². The number of carbonyl (C=O) groups excluding carboxylic acids is 3. The SMILES string of the molecule is NC(=O)CCn1nnnc1SCC1=C(C(=O)O)N2C(=O)C(NC(=O)CS(=O)CC(F)(F)F)[C@H]2SC1. The van der Waals surface area contributed by atoms with E-state index in [-0.39, 0.29) is 30.2 Å². The van der Waals surface area contributed by atoms with E-state index < -0.39 is 63.6 Å². The lowest BCUT2D eigenvalue weighted by atomic mass is 10.0. The summed E-state index contributed by atoms with van der Waals surface area (Å²) < 4.78 is 49.7. The van der Waals surface area contributed by atoms with Crippen molar-refractivity contribution in [2.75, 3.05) is 23.0 Å². The number of aryl methyl sites for hydroxylation is 1. The molecule has 2 aliphatic rings. The first-order chi connectivity index (χ1) is 16.4. The van der Waals surface area contributed by atoms with Gasteiger partial charge in [-0.2, -0.15) is 13.2 Å². The number of aromatic nitrogens is 4. The van der Waals surface area contributed by atoms with E-state index in [1.807, 2.05) is 0 Å². The number of hydrogen-bond donors (Lipinski definition) is 3. The number of nitrogens with zero attached hydrogens (tertiary/aromatic N) is 5. The van der Waals surface area contributed by atoms with E-state index in [1.54, 1.807) is 0 Å². The Labute approximate surface area is 205 Å². The van der Waals surface area contributed by atoms with Gasteiger partial charge in [0.05, 0.1) is 6.54 Å². The highest BCUT2D eigenvalue weighted by atomic mass is 32.2. The molecule has 35 heavy (non-hydrogen) atoms. The molecule has 3 heterocycles. The van der Waals surface area contributed by atoms with E-state index in [0.29, 0.717) is 10.7 Å². The number of carboxylic acids is 1. The van der Waals surface area contributed by atoms with E-state index in [4.69, 9.17) is 5.73 Å². The van der Waals surface area contributed by atoms with E-state index in [0.717, 1.165) is 28.4 Å². The molecule has 0 spiro atoms. The third-order valence-corrected chi connectivity index (χ3v) is 8.24. The third kappa shape index (κ3) is 6.72.